The molecule has 2 rings (SSSR count). The van der Waals surface area contributed by atoms with Crippen molar-refractivity contribution >= 4 is 16.1 Å². The van der Waals surface area contributed by atoms with Crippen molar-refractivity contribution in [1.82, 2.24) is 5.32 Å². The summed E-state index contributed by atoms with van der Waals surface area (Å²) in [5, 5.41) is 2.96. The summed E-state index contributed by atoms with van der Waals surface area (Å²) >= 11 is 0. The first kappa shape index (κ1) is 14.0. The standard InChI is InChI=1S/C13H17NO4S/c1-10-5-7-11(8-6-10)19(16,17)18-13(15)12-4-2-3-9-14-12/h5-8,12,14H,2-4,9H2,1H3. The van der Waals surface area contributed by atoms with E-state index in [2.05, 4.69) is 9.50 Å². The summed E-state index contributed by atoms with van der Waals surface area (Å²) in [4.78, 5) is 11.8. The van der Waals surface area contributed by atoms with Gasteiger partial charge in [-0.1, -0.05) is 24.1 Å². The van der Waals surface area contributed by atoms with Crippen molar-refractivity contribution in [2.24, 2.45) is 0 Å². The predicted octanol–water partition coefficient (Wildman–Crippen LogP) is 1.37. The van der Waals surface area contributed by atoms with Gasteiger partial charge in [-0.05, 0) is 38.4 Å². The highest BCUT2D eigenvalue weighted by molar-refractivity contribution is 7.87. The number of hydrogen-bond donors (Lipinski definition) is 1. The molecule has 1 aromatic carbocycles. The lowest BCUT2D eigenvalue weighted by molar-refractivity contribution is -0.136. The number of carbonyl (C=O) groups excluding carboxylic acids is 1. The van der Waals surface area contributed by atoms with Crippen molar-refractivity contribution in [3.05, 3.63) is 29.8 Å². The van der Waals surface area contributed by atoms with Crippen LogP contribution >= 0.6 is 0 Å². The van der Waals surface area contributed by atoms with Crippen molar-refractivity contribution in [3.8, 4) is 0 Å². The third-order valence-corrected chi connectivity index (χ3v) is 4.33. The Morgan fingerprint density at radius 1 is 1.26 bits per heavy atom. The summed E-state index contributed by atoms with van der Waals surface area (Å²) in [5.41, 5.74) is 0.944. The molecule has 1 N–H and O–H groups in total. The van der Waals surface area contributed by atoms with Gasteiger partial charge in [0.2, 0.25) is 0 Å². The van der Waals surface area contributed by atoms with Crippen LogP contribution in [0.15, 0.2) is 29.2 Å². The minimum Gasteiger partial charge on any atom is -0.341 e. The highest BCUT2D eigenvalue weighted by Gasteiger charge is 2.27. The van der Waals surface area contributed by atoms with Crippen LogP contribution in [0.3, 0.4) is 0 Å². The molecule has 1 aromatic rings. The van der Waals surface area contributed by atoms with Gasteiger partial charge in [-0.2, -0.15) is 8.42 Å². The molecule has 6 heteroatoms. The van der Waals surface area contributed by atoms with Crippen LogP contribution in [0.2, 0.25) is 0 Å². The molecular formula is C13H17NO4S. The Kier molecular flexibility index (Phi) is 4.21. The second-order valence-electron chi connectivity index (χ2n) is 4.67. The Morgan fingerprint density at radius 2 is 1.95 bits per heavy atom. The molecule has 1 atom stereocenters. The minimum atomic E-state index is -4.02. The maximum atomic E-state index is 11.9. The van der Waals surface area contributed by atoms with Crippen LogP contribution in [0, 0.1) is 6.92 Å². The SMILES string of the molecule is Cc1ccc(S(=O)(=O)OC(=O)C2CCCCN2)cc1. The zero-order chi connectivity index (χ0) is 13.9. The third kappa shape index (κ3) is 3.54. The molecule has 0 spiro atoms. The highest BCUT2D eigenvalue weighted by atomic mass is 32.2. The number of hydrogen-bond acceptors (Lipinski definition) is 5. The normalized spacial score (nSPS) is 19.9. The van der Waals surface area contributed by atoms with Gasteiger partial charge in [0.25, 0.3) is 0 Å². The van der Waals surface area contributed by atoms with Crippen LogP contribution in [0.25, 0.3) is 0 Å². The van der Waals surface area contributed by atoms with E-state index in [4.69, 9.17) is 0 Å². The minimum absolute atomic E-state index is 0.00209. The van der Waals surface area contributed by atoms with Gasteiger partial charge >= 0.3 is 16.1 Å². The average Bonchev–Trinajstić information content (AvgIpc) is 2.40. The first-order valence-electron chi connectivity index (χ1n) is 6.27. The van der Waals surface area contributed by atoms with Gasteiger partial charge < -0.3 is 9.50 Å². The largest absolute Gasteiger partial charge is 0.341 e. The van der Waals surface area contributed by atoms with Crippen LogP contribution in [-0.2, 0) is 19.1 Å². The lowest BCUT2D eigenvalue weighted by atomic mass is 10.1. The molecule has 1 saturated heterocycles. The Bertz CT molecular complexity index is 545. The summed E-state index contributed by atoms with van der Waals surface area (Å²) in [6.45, 7) is 2.57. The van der Waals surface area contributed by atoms with E-state index in [0.29, 0.717) is 13.0 Å². The molecule has 0 saturated carbocycles. The molecule has 1 aliphatic heterocycles. The smallest absolute Gasteiger partial charge is 0.341 e. The maximum absolute atomic E-state index is 11.9. The van der Waals surface area contributed by atoms with Crippen LogP contribution < -0.4 is 5.32 Å². The second kappa shape index (κ2) is 5.71. The predicted molar refractivity (Wildman–Crippen MR) is 70.1 cm³/mol. The highest BCUT2D eigenvalue weighted by Crippen LogP contribution is 2.16. The summed E-state index contributed by atoms with van der Waals surface area (Å²) in [5.74, 6) is -0.722. The molecule has 0 aliphatic carbocycles. The number of rotatable bonds is 3. The first-order chi connectivity index (χ1) is 8.99. The average molecular weight is 283 g/mol. The number of carbonyl (C=O) groups is 1. The van der Waals surface area contributed by atoms with E-state index in [1.807, 2.05) is 6.92 Å². The van der Waals surface area contributed by atoms with E-state index in [0.717, 1.165) is 18.4 Å². The van der Waals surface area contributed by atoms with E-state index in [1.54, 1.807) is 12.1 Å². The Labute approximate surface area is 113 Å². The van der Waals surface area contributed by atoms with E-state index in [-0.39, 0.29) is 4.90 Å². The van der Waals surface area contributed by atoms with Gasteiger partial charge in [0.05, 0.1) is 0 Å². The van der Waals surface area contributed by atoms with Crippen molar-refractivity contribution in [2.75, 3.05) is 6.54 Å². The van der Waals surface area contributed by atoms with Crippen molar-refractivity contribution in [2.45, 2.75) is 37.1 Å². The third-order valence-electron chi connectivity index (χ3n) is 3.10. The van der Waals surface area contributed by atoms with Crippen LogP contribution in [0.4, 0.5) is 0 Å². The molecule has 19 heavy (non-hydrogen) atoms. The Morgan fingerprint density at radius 3 is 2.53 bits per heavy atom. The van der Waals surface area contributed by atoms with Crippen molar-refractivity contribution in [3.63, 3.8) is 0 Å². The van der Waals surface area contributed by atoms with Gasteiger partial charge in [-0.25, -0.2) is 4.79 Å². The van der Waals surface area contributed by atoms with Gasteiger partial charge in [-0.15, -0.1) is 0 Å². The summed E-state index contributed by atoms with van der Waals surface area (Å²) in [6, 6.07) is 5.69. The zero-order valence-electron chi connectivity index (χ0n) is 10.8. The molecule has 0 radical (unpaired) electrons. The number of piperidine rings is 1. The lowest BCUT2D eigenvalue weighted by Crippen LogP contribution is -2.42. The fourth-order valence-electron chi connectivity index (χ4n) is 1.97. The lowest BCUT2D eigenvalue weighted by Gasteiger charge is -2.21. The summed E-state index contributed by atoms with van der Waals surface area (Å²) in [6.07, 6.45) is 2.51. The van der Waals surface area contributed by atoms with Crippen molar-refractivity contribution < 1.29 is 17.4 Å². The molecule has 0 bridgehead atoms. The van der Waals surface area contributed by atoms with Crippen LogP contribution in [0.1, 0.15) is 24.8 Å². The maximum Gasteiger partial charge on any atom is 0.341 e. The molecule has 1 fully saturated rings. The molecule has 1 heterocycles. The number of benzene rings is 1. The second-order valence-corrected chi connectivity index (χ2v) is 6.22. The van der Waals surface area contributed by atoms with Crippen molar-refractivity contribution in [1.29, 1.82) is 0 Å². The quantitative estimate of drug-likeness (QED) is 0.848. The molecule has 0 aromatic heterocycles. The number of nitrogens with one attached hydrogen (secondary N) is 1. The van der Waals surface area contributed by atoms with E-state index in [9.17, 15) is 13.2 Å². The zero-order valence-corrected chi connectivity index (χ0v) is 11.6. The summed E-state index contributed by atoms with van der Waals surface area (Å²) < 4.78 is 28.5. The van der Waals surface area contributed by atoms with Gasteiger partial charge in [0.1, 0.15) is 10.9 Å². The fraction of sp³-hybridized carbons (Fsp3) is 0.462. The number of aryl methyl sites for hydroxylation is 1. The molecule has 5 nitrogen and oxygen atoms in total. The monoisotopic (exact) mass is 283 g/mol. The molecule has 0 amide bonds. The van der Waals surface area contributed by atoms with Gasteiger partial charge in [-0.3, -0.25) is 0 Å². The first-order valence-corrected chi connectivity index (χ1v) is 7.68. The fourth-order valence-corrected chi connectivity index (χ4v) is 2.87. The van der Waals surface area contributed by atoms with Gasteiger partial charge in [0.15, 0.2) is 0 Å². The molecular weight excluding hydrogens is 266 g/mol. The summed E-state index contributed by atoms with van der Waals surface area (Å²) in [7, 11) is -4.02. The van der Waals surface area contributed by atoms with Crippen LogP contribution in [-0.4, -0.2) is 27.0 Å². The molecule has 104 valence electrons. The van der Waals surface area contributed by atoms with E-state index in [1.165, 1.54) is 12.1 Å². The molecule has 1 aliphatic rings. The Balaban J connectivity index is 2.08. The van der Waals surface area contributed by atoms with Gasteiger partial charge in [0, 0.05) is 0 Å². The molecule has 1 unspecified atom stereocenters. The van der Waals surface area contributed by atoms with E-state index >= 15 is 0 Å². The van der Waals surface area contributed by atoms with Crippen LogP contribution in [0.5, 0.6) is 0 Å². The van der Waals surface area contributed by atoms with E-state index < -0.39 is 22.1 Å². The topological polar surface area (TPSA) is 72.5 Å². The Hall–Kier alpha value is -1.40.